The van der Waals surface area contributed by atoms with E-state index in [-0.39, 0.29) is 35.7 Å². The highest BCUT2D eigenvalue weighted by Gasteiger charge is 2.69. The van der Waals surface area contributed by atoms with Crippen LogP contribution in [0.3, 0.4) is 0 Å². The van der Waals surface area contributed by atoms with E-state index in [2.05, 4.69) is 16.0 Å². The zero-order chi connectivity index (χ0) is 32.4. The summed E-state index contributed by atoms with van der Waals surface area (Å²) < 4.78 is 10.6. The number of carbonyl (C=O) groups is 6. The van der Waals surface area contributed by atoms with Crippen LogP contribution in [0.25, 0.3) is 0 Å². The van der Waals surface area contributed by atoms with Crippen LogP contribution in [0.2, 0.25) is 0 Å². The number of ketones is 1. The number of hydrogen-bond donors (Lipinski definition) is 4. The van der Waals surface area contributed by atoms with Crippen molar-refractivity contribution in [3.63, 3.8) is 0 Å². The fourth-order valence-corrected chi connectivity index (χ4v) is 6.76. The van der Waals surface area contributed by atoms with E-state index in [1.807, 2.05) is 13.8 Å². The zero-order valence-electron chi connectivity index (χ0n) is 26.1. The molecule has 0 spiro atoms. The molecular formula is C31H45N5O8. The van der Waals surface area contributed by atoms with Gasteiger partial charge in [0.25, 0.3) is 5.91 Å². The van der Waals surface area contributed by atoms with Gasteiger partial charge >= 0.3 is 12.0 Å². The number of nitrogens with two attached hydrogens (primary N) is 1. The molecule has 5 amide bonds. The number of primary amides is 1. The fourth-order valence-electron chi connectivity index (χ4n) is 6.76. The maximum absolute atomic E-state index is 14.2. The molecule has 1 aliphatic heterocycles. The third-order valence-corrected chi connectivity index (χ3v) is 9.45. The highest BCUT2D eigenvalue weighted by molar-refractivity contribution is 6.36. The Morgan fingerprint density at radius 2 is 1.77 bits per heavy atom. The molecule has 3 fully saturated rings. The number of rotatable bonds is 11. The van der Waals surface area contributed by atoms with Crippen LogP contribution in [0, 0.1) is 28.6 Å². The lowest BCUT2D eigenvalue weighted by Gasteiger charge is -2.37. The van der Waals surface area contributed by atoms with E-state index in [9.17, 15) is 28.8 Å². The molecule has 4 rings (SSSR count). The lowest BCUT2D eigenvalue weighted by atomic mass is 9.83. The van der Waals surface area contributed by atoms with Crippen LogP contribution < -0.4 is 21.7 Å². The third kappa shape index (κ3) is 7.24. The van der Waals surface area contributed by atoms with Gasteiger partial charge in [0, 0.05) is 6.54 Å². The number of ether oxygens (including phenoxy) is 1. The van der Waals surface area contributed by atoms with Crippen molar-refractivity contribution in [3.05, 3.63) is 24.2 Å². The summed E-state index contributed by atoms with van der Waals surface area (Å²) in [5, 5.41) is 8.06. The minimum Gasteiger partial charge on any atom is -0.466 e. The minimum absolute atomic E-state index is 0.0732. The van der Waals surface area contributed by atoms with Crippen molar-refractivity contribution in [3.8, 4) is 0 Å². The summed E-state index contributed by atoms with van der Waals surface area (Å²) in [7, 11) is 0. The molecule has 13 heteroatoms. The highest BCUT2D eigenvalue weighted by atomic mass is 16.5. The van der Waals surface area contributed by atoms with Gasteiger partial charge in [0.2, 0.25) is 17.6 Å². The summed E-state index contributed by atoms with van der Waals surface area (Å²) in [6.07, 6.45) is 5.75. The molecule has 13 nitrogen and oxygen atoms in total. The molecule has 1 aromatic heterocycles. The second kappa shape index (κ2) is 13.0. The SMILES string of the molecule is CC(C)(C)[C@H](NC(=O)N[C@H](C(=O)N1C[C@H]2[C@@H]([C@H]1C(=O)NCC(=O)C(N)=O)C2(C)C)C1CCCCC1)C(=O)OCc1ccco1. The number of furan rings is 1. The maximum Gasteiger partial charge on any atom is 0.329 e. The fraction of sp³-hybridized carbons (Fsp3) is 0.677. The Labute approximate surface area is 257 Å². The summed E-state index contributed by atoms with van der Waals surface area (Å²) in [5.41, 5.74) is 4.13. The van der Waals surface area contributed by atoms with Crippen LogP contribution in [0.4, 0.5) is 4.79 Å². The van der Waals surface area contributed by atoms with Gasteiger partial charge in [-0.1, -0.05) is 53.9 Å². The summed E-state index contributed by atoms with van der Waals surface area (Å²) in [6, 6.07) is -0.163. The Morgan fingerprint density at radius 3 is 2.36 bits per heavy atom. The molecule has 2 aliphatic carbocycles. The number of likely N-dealkylation sites (tertiary alicyclic amines) is 1. The third-order valence-electron chi connectivity index (χ3n) is 9.45. The number of fused-ring (bicyclic) bond motifs is 1. The van der Waals surface area contributed by atoms with Crippen molar-refractivity contribution in [1.82, 2.24) is 20.9 Å². The van der Waals surface area contributed by atoms with Gasteiger partial charge in [0.05, 0.1) is 12.8 Å². The van der Waals surface area contributed by atoms with Gasteiger partial charge in [-0.3, -0.25) is 19.2 Å². The van der Waals surface area contributed by atoms with Gasteiger partial charge in [-0.2, -0.15) is 0 Å². The number of nitrogens with zero attached hydrogens (tertiary/aromatic N) is 1. The zero-order valence-corrected chi connectivity index (χ0v) is 26.1. The van der Waals surface area contributed by atoms with Gasteiger partial charge in [-0.05, 0) is 53.6 Å². The quantitative estimate of drug-likeness (QED) is 0.213. The molecule has 242 valence electrons. The van der Waals surface area contributed by atoms with Gasteiger partial charge in [-0.15, -0.1) is 0 Å². The molecule has 0 radical (unpaired) electrons. The summed E-state index contributed by atoms with van der Waals surface area (Å²) in [6.45, 7) is 9.12. The minimum atomic E-state index is -1.15. The van der Waals surface area contributed by atoms with E-state index < -0.39 is 59.7 Å². The molecule has 3 aliphatic rings. The Balaban J connectivity index is 1.50. The second-order valence-electron chi connectivity index (χ2n) is 13.9. The number of carbonyl (C=O) groups excluding carboxylic acids is 6. The van der Waals surface area contributed by atoms with Crippen LogP contribution >= 0.6 is 0 Å². The first-order valence-corrected chi connectivity index (χ1v) is 15.3. The molecule has 1 aromatic rings. The maximum atomic E-state index is 14.2. The lowest BCUT2D eigenvalue weighted by Crippen LogP contribution is -2.61. The number of nitrogens with one attached hydrogen (secondary N) is 3. The Hall–Kier alpha value is -3.90. The summed E-state index contributed by atoms with van der Waals surface area (Å²) in [4.78, 5) is 78.6. The van der Waals surface area contributed by atoms with Crippen molar-refractivity contribution in [1.29, 1.82) is 0 Å². The first kappa shape index (κ1) is 33.0. The van der Waals surface area contributed by atoms with Crippen LogP contribution in [0.15, 0.2) is 22.8 Å². The number of hydrogen-bond acceptors (Lipinski definition) is 8. The van der Waals surface area contributed by atoms with E-state index >= 15 is 0 Å². The average Bonchev–Trinajstić information content (AvgIpc) is 3.41. The summed E-state index contributed by atoms with van der Waals surface area (Å²) >= 11 is 0. The Morgan fingerprint density at radius 1 is 1.09 bits per heavy atom. The summed E-state index contributed by atoms with van der Waals surface area (Å²) in [5.74, 6) is -3.42. The molecular weight excluding hydrogens is 570 g/mol. The number of urea groups is 1. The molecule has 0 unspecified atom stereocenters. The lowest BCUT2D eigenvalue weighted by molar-refractivity contribution is -0.150. The van der Waals surface area contributed by atoms with Crippen LogP contribution in [0.1, 0.15) is 72.5 Å². The van der Waals surface area contributed by atoms with E-state index in [1.54, 1.807) is 32.9 Å². The predicted octanol–water partition coefficient (Wildman–Crippen LogP) is 1.64. The number of piperidine rings is 1. The van der Waals surface area contributed by atoms with E-state index in [1.165, 1.54) is 11.2 Å². The van der Waals surface area contributed by atoms with Crippen molar-refractivity contribution in [2.45, 2.75) is 91.5 Å². The first-order chi connectivity index (χ1) is 20.6. The normalized spacial score (nSPS) is 23.9. The predicted molar refractivity (Wildman–Crippen MR) is 157 cm³/mol. The Kier molecular flexibility index (Phi) is 9.74. The van der Waals surface area contributed by atoms with Crippen LogP contribution in [-0.2, 0) is 35.3 Å². The van der Waals surface area contributed by atoms with Gasteiger partial charge in [-0.25, -0.2) is 9.59 Å². The molecule has 5 N–H and O–H groups in total. The van der Waals surface area contributed by atoms with Crippen molar-refractivity contribution < 1.29 is 37.9 Å². The van der Waals surface area contributed by atoms with Gasteiger partial charge in [0.15, 0.2) is 0 Å². The van der Waals surface area contributed by atoms with E-state index in [4.69, 9.17) is 14.9 Å². The molecule has 44 heavy (non-hydrogen) atoms. The van der Waals surface area contributed by atoms with Gasteiger partial charge < -0.3 is 35.7 Å². The van der Waals surface area contributed by atoms with Crippen LogP contribution in [0.5, 0.6) is 0 Å². The van der Waals surface area contributed by atoms with Crippen LogP contribution in [-0.4, -0.2) is 71.6 Å². The van der Waals surface area contributed by atoms with E-state index in [0.29, 0.717) is 12.3 Å². The molecule has 0 aromatic carbocycles. The van der Waals surface area contributed by atoms with Crippen molar-refractivity contribution >= 4 is 35.5 Å². The molecule has 2 heterocycles. The van der Waals surface area contributed by atoms with Crippen molar-refractivity contribution in [2.75, 3.05) is 13.1 Å². The van der Waals surface area contributed by atoms with E-state index in [0.717, 1.165) is 32.1 Å². The molecule has 5 atom stereocenters. The molecule has 2 saturated carbocycles. The number of amides is 5. The average molecular weight is 616 g/mol. The highest BCUT2D eigenvalue weighted by Crippen LogP contribution is 2.65. The smallest absolute Gasteiger partial charge is 0.329 e. The molecule has 1 saturated heterocycles. The molecule has 0 bridgehead atoms. The Bertz CT molecular complexity index is 1260. The standard InChI is InChI=1S/C31H45N5O8/c1-30(2,3)24(28(41)44-16-18-12-9-13-43-18)35-29(42)34-22(17-10-7-6-8-11-17)27(40)36-15-19-21(31(19,4)5)23(36)26(39)33-14-20(37)25(32)38/h9,12-13,17,19,21-24H,6-8,10-11,14-16H2,1-5H3,(H2,32,38)(H,33,39)(H2,34,35,42)/t19-,21-,22-,23-,24+/m0/s1. The first-order valence-electron chi connectivity index (χ1n) is 15.3. The number of Topliss-reactive ketones (excluding diaryl/α,β-unsaturated/α-hetero) is 1. The monoisotopic (exact) mass is 615 g/mol. The van der Waals surface area contributed by atoms with Crippen molar-refractivity contribution in [2.24, 2.45) is 34.3 Å². The van der Waals surface area contributed by atoms with Gasteiger partial charge in [0.1, 0.15) is 30.5 Å². The largest absolute Gasteiger partial charge is 0.466 e. The topological polar surface area (TPSA) is 190 Å². The second-order valence-corrected chi connectivity index (χ2v) is 13.9. The number of esters is 1.